The van der Waals surface area contributed by atoms with Crippen LogP contribution in [0.1, 0.15) is 39.7 Å². The van der Waals surface area contributed by atoms with Crippen LogP contribution in [0.2, 0.25) is 0 Å². The molecular formula is C15H23NOS. The van der Waals surface area contributed by atoms with E-state index in [1.165, 1.54) is 0 Å². The summed E-state index contributed by atoms with van der Waals surface area (Å²) in [5.74, 6) is 0. The molecule has 100 valence electrons. The maximum absolute atomic E-state index is 12.3. The van der Waals surface area contributed by atoms with Gasteiger partial charge in [0.15, 0.2) is 0 Å². The van der Waals surface area contributed by atoms with Crippen molar-refractivity contribution in [2.75, 3.05) is 0 Å². The molecule has 0 aliphatic heterocycles. The van der Waals surface area contributed by atoms with Crippen LogP contribution in [0.3, 0.4) is 0 Å². The van der Waals surface area contributed by atoms with Gasteiger partial charge in [-0.3, -0.25) is 0 Å². The summed E-state index contributed by atoms with van der Waals surface area (Å²) in [6.45, 7) is 11.8. The largest absolute Gasteiger partial charge is 0.242 e. The highest BCUT2D eigenvalue weighted by molar-refractivity contribution is 7.84. The third-order valence-electron chi connectivity index (χ3n) is 2.84. The van der Waals surface area contributed by atoms with Crippen LogP contribution in [0.4, 0.5) is 0 Å². The molecule has 0 aliphatic rings. The van der Waals surface area contributed by atoms with Gasteiger partial charge in [-0.05, 0) is 39.7 Å². The Kier molecular flexibility index (Phi) is 4.88. The maximum Gasteiger partial charge on any atom is 0.0978 e. The first-order valence-electron chi connectivity index (χ1n) is 6.16. The molecule has 0 heterocycles. The highest BCUT2D eigenvalue weighted by Crippen LogP contribution is 2.27. The molecule has 1 rings (SSSR count). The van der Waals surface area contributed by atoms with Gasteiger partial charge in [-0.15, -0.1) is 6.58 Å². The van der Waals surface area contributed by atoms with E-state index < -0.39 is 11.0 Å². The molecule has 0 aromatic heterocycles. The van der Waals surface area contributed by atoms with Gasteiger partial charge in [0.1, 0.15) is 0 Å². The van der Waals surface area contributed by atoms with Crippen LogP contribution >= 0.6 is 0 Å². The predicted octanol–water partition coefficient (Wildman–Crippen LogP) is 3.53. The summed E-state index contributed by atoms with van der Waals surface area (Å²) in [7, 11) is -1.11. The van der Waals surface area contributed by atoms with Crippen LogP contribution in [-0.2, 0) is 16.5 Å². The first-order valence-corrected chi connectivity index (χ1v) is 7.31. The minimum absolute atomic E-state index is 0.281. The van der Waals surface area contributed by atoms with Crippen molar-refractivity contribution in [3.05, 3.63) is 48.6 Å². The summed E-state index contributed by atoms with van der Waals surface area (Å²) < 4.78 is 15.3. The van der Waals surface area contributed by atoms with E-state index in [2.05, 4.69) is 30.4 Å². The minimum atomic E-state index is -1.11. The van der Waals surface area contributed by atoms with E-state index in [1.807, 2.05) is 45.0 Å². The van der Waals surface area contributed by atoms with Crippen molar-refractivity contribution < 1.29 is 4.21 Å². The Labute approximate surface area is 113 Å². The summed E-state index contributed by atoms with van der Waals surface area (Å²) >= 11 is 0. The van der Waals surface area contributed by atoms with Gasteiger partial charge in [-0.25, -0.2) is 8.93 Å². The topological polar surface area (TPSA) is 29.1 Å². The molecule has 1 aromatic rings. The highest BCUT2D eigenvalue weighted by Gasteiger charge is 2.31. The van der Waals surface area contributed by atoms with Crippen LogP contribution in [0.25, 0.3) is 0 Å². The second kappa shape index (κ2) is 5.81. The van der Waals surface area contributed by atoms with Crippen molar-refractivity contribution >= 4 is 11.0 Å². The molecule has 0 amide bonds. The molecule has 18 heavy (non-hydrogen) atoms. The molecule has 0 aliphatic carbocycles. The van der Waals surface area contributed by atoms with E-state index in [0.29, 0.717) is 0 Å². The zero-order chi connectivity index (χ0) is 13.8. The lowest BCUT2D eigenvalue weighted by Crippen LogP contribution is -2.45. The molecule has 1 N–H and O–H groups in total. The lowest BCUT2D eigenvalue weighted by Gasteiger charge is -2.33. The predicted molar refractivity (Wildman–Crippen MR) is 79.6 cm³/mol. The van der Waals surface area contributed by atoms with E-state index in [0.717, 1.165) is 12.0 Å². The van der Waals surface area contributed by atoms with Crippen molar-refractivity contribution in [1.29, 1.82) is 0 Å². The Morgan fingerprint density at radius 1 is 1.22 bits per heavy atom. The van der Waals surface area contributed by atoms with Crippen molar-refractivity contribution in [3.8, 4) is 0 Å². The van der Waals surface area contributed by atoms with Gasteiger partial charge in [-0.1, -0.05) is 36.4 Å². The summed E-state index contributed by atoms with van der Waals surface area (Å²) in [5, 5.41) is 0. The maximum atomic E-state index is 12.3. The first-order chi connectivity index (χ1) is 8.29. The van der Waals surface area contributed by atoms with Crippen LogP contribution in [0.15, 0.2) is 43.0 Å². The molecule has 0 spiro atoms. The molecule has 0 saturated carbocycles. The fourth-order valence-corrected chi connectivity index (χ4v) is 2.59. The van der Waals surface area contributed by atoms with Crippen LogP contribution < -0.4 is 4.72 Å². The average molecular weight is 265 g/mol. The summed E-state index contributed by atoms with van der Waals surface area (Å²) in [4.78, 5) is 0. The Bertz CT molecular complexity index is 422. The standard InChI is InChI=1S/C15H23NOS/c1-6-12-15(5,13-10-8-7-9-11-13)16-18(17)14(2,3)4/h6-11,16H,1,12H2,2-5H3/t15-,18+/m0/s1. The third-order valence-corrected chi connectivity index (χ3v) is 4.59. The number of hydrogen-bond acceptors (Lipinski definition) is 1. The van der Waals surface area contributed by atoms with Gasteiger partial charge >= 0.3 is 0 Å². The zero-order valence-corrected chi connectivity index (χ0v) is 12.5. The van der Waals surface area contributed by atoms with E-state index in [1.54, 1.807) is 0 Å². The lowest BCUT2D eigenvalue weighted by atomic mass is 9.90. The Balaban J connectivity index is 3.02. The van der Waals surface area contributed by atoms with Gasteiger partial charge in [-0.2, -0.15) is 0 Å². The van der Waals surface area contributed by atoms with E-state index in [4.69, 9.17) is 0 Å². The van der Waals surface area contributed by atoms with Gasteiger partial charge < -0.3 is 0 Å². The first kappa shape index (κ1) is 15.1. The van der Waals surface area contributed by atoms with Crippen molar-refractivity contribution in [2.24, 2.45) is 0 Å². The summed E-state index contributed by atoms with van der Waals surface area (Å²) in [6, 6.07) is 10.1. The molecule has 2 atom stereocenters. The van der Waals surface area contributed by atoms with Crippen LogP contribution in [0, 0.1) is 0 Å². The van der Waals surface area contributed by atoms with Gasteiger partial charge in [0, 0.05) is 0 Å². The highest BCUT2D eigenvalue weighted by atomic mass is 32.2. The number of nitrogens with one attached hydrogen (secondary N) is 1. The summed E-state index contributed by atoms with van der Waals surface area (Å²) in [5.41, 5.74) is 0.781. The summed E-state index contributed by atoms with van der Waals surface area (Å²) in [6.07, 6.45) is 2.60. The molecule has 0 saturated heterocycles. The minimum Gasteiger partial charge on any atom is -0.242 e. The van der Waals surface area contributed by atoms with Gasteiger partial charge in [0.25, 0.3) is 0 Å². The average Bonchev–Trinajstić information content (AvgIpc) is 2.29. The van der Waals surface area contributed by atoms with Crippen molar-refractivity contribution in [2.45, 2.75) is 44.4 Å². The molecular weight excluding hydrogens is 242 g/mol. The third kappa shape index (κ3) is 3.79. The van der Waals surface area contributed by atoms with Crippen molar-refractivity contribution in [3.63, 3.8) is 0 Å². The van der Waals surface area contributed by atoms with Gasteiger partial charge in [0.05, 0.1) is 21.3 Å². The smallest absolute Gasteiger partial charge is 0.0978 e. The Morgan fingerprint density at radius 2 is 1.78 bits per heavy atom. The fraction of sp³-hybridized carbons (Fsp3) is 0.467. The number of rotatable bonds is 5. The van der Waals surface area contributed by atoms with Crippen LogP contribution in [-0.4, -0.2) is 8.96 Å². The molecule has 0 fully saturated rings. The SMILES string of the molecule is C=CC[C@](C)(N[S@](=O)C(C)(C)C)c1ccccc1. The monoisotopic (exact) mass is 265 g/mol. The molecule has 2 nitrogen and oxygen atoms in total. The molecule has 1 aromatic carbocycles. The van der Waals surface area contributed by atoms with Crippen LogP contribution in [0.5, 0.6) is 0 Å². The molecule has 0 unspecified atom stereocenters. The number of benzene rings is 1. The Hall–Kier alpha value is -0.930. The molecule has 0 bridgehead atoms. The van der Waals surface area contributed by atoms with Crippen molar-refractivity contribution in [1.82, 2.24) is 4.72 Å². The number of hydrogen-bond donors (Lipinski definition) is 1. The molecule has 3 heteroatoms. The van der Waals surface area contributed by atoms with E-state index in [-0.39, 0.29) is 10.3 Å². The second-order valence-corrected chi connectivity index (χ2v) is 7.64. The quantitative estimate of drug-likeness (QED) is 0.811. The van der Waals surface area contributed by atoms with E-state index >= 15 is 0 Å². The second-order valence-electron chi connectivity index (χ2n) is 5.67. The van der Waals surface area contributed by atoms with E-state index in [9.17, 15) is 4.21 Å². The zero-order valence-electron chi connectivity index (χ0n) is 11.7. The Morgan fingerprint density at radius 3 is 2.22 bits per heavy atom. The normalized spacial score (nSPS) is 16.9. The lowest BCUT2D eigenvalue weighted by molar-refractivity contribution is 0.446. The molecule has 0 radical (unpaired) electrons. The fourth-order valence-electron chi connectivity index (χ4n) is 1.67. The van der Waals surface area contributed by atoms with Gasteiger partial charge in [0.2, 0.25) is 0 Å².